The van der Waals surface area contributed by atoms with Crippen molar-refractivity contribution in [2.24, 2.45) is 0 Å². The molecule has 1 aliphatic rings. The molecule has 0 amide bonds. The molecular formula is C48H34N2O. The summed E-state index contributed by atoms with van der Waals surface area (Å²) in [6.07, 6.45) is 4.27. The molecule has 2 heterocycles. The van der Waals surface area contributed by atoms with Gasteiger partial charge in [0.2, 0.25) is 0 Å². The van der Waals surface area contributed by atoms with Crippen molar-refractivity contribution in [2.75, 3.05) is 5.32 Å². The third-order valence-corrected chi connectivity index (χ3v) is 10.3. The number of aromatic nitrogens is 1. The fourth-order valence-electron chi connectivity index (χ4n) is 7.88. The summed E-state index contributed by atoms with van der Waals surface area (Å²) in [4.78, 5) is 0. The van der Waals surface area contributed by atoms with Crippen molar-refractivity contribution >= 4 is 55.9 Å². The third kappa shape index (κ3) is 5.14. The Morgan fingerprint density at radius 3 is 1.84 bits per heavy atom. The van der Waals surface area contributed by atoms with Crippen LogP contribution in [0.5, 0.6) is 0 Å². The summed E-state index contributed by atoms with van der Waals surface area (Å²) in [7, 11) is 0. The minimum atomic E-state index is 0.889. The summed E-state index contributed by atoms with van der Waals surface area (Å²) < 4.78 is 8.87. The molecule has 10 rings (SSSR count). The van der Waals surface area contributed by atoms with Crippen molar-refractivity contribution in [3.8, 4) is 27.9 Å². The quantitative estimate of drug-likeness (QED) is 0.193. The Morgan fingerprint density at radius 1 is 0.490 bits per heavy atom. The van der Waals surface area contributed by atoms with E-state index in [0.29, 0.717) is 0 Å². The number of para-hydroxylation sites is 3. The first-order valence-corrected chi connectivity index (χ1v) is 17.6. The van der Waals surface area contributed by atoms with Crippen LogP contribution in [0.2, 0.25) is 0 Å². The van der Waals surface area contributed by atoms with Crippen molar-refractivity contribution in [2.45, 2.75) is 12.8 Å². The number of fused-ring (bicyclic) bond motifs is 6. The SMILES string of the molecule is C1=C(c2cc3c(cc2Nc2ccccc2)oc2ccccc23)CCc2c1c1ccccc1n2-c1cc(-c2ccccc2)cc(-c2ccccc2)c1. The lowest BCUT2D eigenvalue weighted by Gasteiger charge is -2.21. The second-order valence-electron chi connectivity index (χ2n) is 13.4. The smallest absolute Gasteiger partial charge is 0.137 e. The molecule has 0 spiro atoms. The Kier molecular flexibility index (Phi) is 6.95. The van der Waals surface area contributed by atoms with E-state index in [1.54, 1.807) is 0 Å². The topological polar surface area (TPSA) is 30.1 Å². The number of anilines is 2. The first-order chi connectivity index (χ1) is 25.3. The van der Waals surface area contributed by atoms with Crippen LogP contribution in [0, 0.1) is 0 Å². The maximum Gasteiger partial charge on any atom is 0.137 e. The van der Waals surface area contributed by atoms with Gasteiger partial charge >= 0.3 is 0 Å². The zero-order valence-corrected chi connectivity index (χ0v) is 28.0. The molecule has 3 nitrogen and oxygen atoms in total. The van der Waals surface area contributed by atoms with Crippen molar-refractivity contribution in [3.05, 3.63) is 187 Å². The molecule has 0 bridgehead atoms. The van der Waals surface area contributed by atoms with Gasteiger partial charge in [-0.15, -0.1) is 0 Å². The first kappa shape index (κ1) is 29.3. The van der Waals surface area contributed by atoms with Crippen molar-refractivity contribution < 1.29 is 4.42 Å². The fourth-order valence-corrected chi connectivity index (χ4v) is 7.88. The largest absolute Gasteiger partial charge is 0.456 e. The van der Waals surface area contributed by atoms with Gasteiger partial charge in [-0.05, 0) is 95.3 Å². The van der Waals surface area contributed by atoms with E-state index in [9.17, 15) is 0 Å². The molecule has 51 heavy (non-hydrogen) atoms. The van der Waals surface area contributed by atoms with Gasteiger partial charge in [0.15, 0.2) is 0 Å². The van der Waals surface area contributed by atoms with E-state index in [-0.39, 0.29) is 0 Å². The van der Waals surface area contributed by atoms with Gasteiger partial charge in [-0.3, -0.25) is 0 Å². The second kappa shape index (κ2) is 12.1. The van der Waals surface area contributed by atoms with Gasteiger partial charge in [-0.1, -0.05) is 115 Å². The first-order valence-electron chi connectivity index (χ1n) is 17.6. The second-order valence-corrected chi connectivity index (χ2v) is 13.4. The molecule has 0 atom stereocenters. The van der Waals surface area contributed by atoms with Crippen LogP contribution in [0.4, 0.5) is 11.4 Å². The Labute approximate surface area is 296 Å². The van der Waals surface area contributed by atoms with E-state index in [0.717, 1.165) is 46.2 Å². The number of furan rings is 1. The number of nitrogens with one attached hydrogen (secondary N) is 1. The molecule has 0 saturated heterocycles. The number of rotatable bonds is 6. The number of nitrogens with zero attached hydrogens (tertiary/aromatic N) is 1. The predicted octanol–water partition coefficient (Wildman–Crippen LogP) is 13.1. The summed E-state index contributed by atoms with van der Waals surface area (Å²) >= 11 is 0. The zero-order chi connectivity index (χ0) is 33.7. The predicted molar refractivity (Wildman–Crippen MR) is 214 cm³/mol. The maximum atomic E-state index is 6.36. The average Bonchev–Trinajstić information content (AvgIpc) is 3.73. The number of allylic oxidation sites excluding steroid dienone is 1. The van der Waals surface area contributed by atoms with E-state index in [4.69, 9.17) is 4.42 Å². The fraction of sp³-hybridized carbons (Fsp3) is 0.0417. The summed E-state index contributed by atoms with van der Waals surface area (Å²) in [6.45, 7) is 0. The molecule has 0 radical (unpaired) electrons. The highest BCUT2D eigenvalue weighted by molar-refractivity contribution is 6.09. The van der Waals surface area contributed by atoms with E-state index >= 15 is 0 Å². The Morgan fingerprint density at radius 2 is 1.12 bits per heavy atom. The molecule has 3 heteroatoms. The van der Waals surface area contributed by atoms with E-state index in [1.807, 2.05) is 12.1 Å². The summed E-state index contributed by atoms with van der Waals surface area (Å²) in [6, 6.07) is 60.6. The molecule has 9 aromatic rings. The van der Waals surface area contributed by atoms with Gasteiger partial charge in [-0.2, -0.15) is 0 Å². The normalized spacial score (nSPS) is 12.7. The molecule has 0 fully saturated rings. The third-order valence-electron chi connectivity index (χ3n) is 10.3. The van der Waals surface area contributed by atoms with Crippen LogP contribution < -0.4 is 5.32 Å². The highest BCUT2D eigenvalue weighted by atomic mass is 16.3. The standard InChI is InChI=1S/C48H34N2O/c1-4-14-32(15-5-1)35-26-36(33-16-6-2-7-17-33)28-38(27-35)50-45-22-12-10-20-39(45)42-29-34(24-25-46(42)50)41-30-43-40-21-11-13-23-47(40)51-48(43)31-44(41)49-37-18-8-3-9-19-37/h1-23,26-31,49H,24-25H2. The minimum Gasteiger partial charge on any atom is -0.456 e. The lowest BCUT2D eigenvalue weighted by Crippen LogP contribution is -2.06. The number of hydrogen-bond acceptors (Lipinski definition) is 2. The van der Waals surface area contributed by atoms with Crippen molar-refractivity contribution in [1.82, 2.24) is 4.57 Å². The Hall–Kier alpha value is -6.58. The summed E-state index contributed by atoms with van der Waals surface area (Å²) in [5, 5.41) is 7.28. The van der Waals surface area contributed by atoms with Gasteiger partial charge in [-0.25, -0.2) is 0 Å². The van der Waals surface area contributed by atoms with Crippen LogP contribution in [-0.2, 0) is 6.42 Å². The highest BCUT2D eigenvalue weighted by Gasteiger charge is 2.24. The van der Waals surface area contributed by atoms with Gasteiger partial charge in [0.05, 0.1) is 5.52 Å². The molecule has 7 aromatic carbocycles. The maximum absolute atomic E-state index is 6.36. The summed E-state index contributed by atoms with van der Waals surface area (Å²) in [5.41, 5.74) is 16.3. The van der Waals surface area contributed by atoms with Crippen LogP contribution in [0.25, 0.3) is 72.4 Å². The van der Waals surface area contributed by atoms with Gasteiger partial charge < -0.3 is 14.3 Å². The lowest BCUT2D eigenvalue weighted by atomic mass is 9.89. The van der Waals surface area contributed by atoms with Crippen LogP contribution >= 0.6 is 0 Å². The molecule has 0 saturated carbocycles. The van der Waals surface area contributed by atoms with E-state index in [2.05, 4.69) is 174 Å². The van der Waals surface area contributed by atoms with Crippen molar-refractivity contribution in [1.29, 1.82) is 0 Å². The number of benzene rings is 7. The summed E-state index contributed by atoms with van der Waals surface area (Å²) in [5.74, 6) is 0. The van der Waals surface area contributed by atoms with E-state index in [1.165, 1.54) is 61.2 Å². The minimum absolute atomic E-state index is 0.889. The highest BCUT2D eigenvalue weighted by Crippen LogP contribution is 2.44. The molecule has 242 valence electrons. The van der Waals surface area contributed by atoms with Crippen LogP contribution in [0.3, 0.4) is 0 Å². The Bertz CT molecular complexity index is 2700. The van der Waals surface area contributed by atoms with E-state index < -0.39 is 0 Å². The molecule has 2 aromatic heterocycles. The molecule has 0 unspecified atom stereocenters. The average molecular weight is 655 g/mol. The van der Waals surface area contributed by atoms with Crippen LogP contribution in [-0.4, -0.2) is 4.57 Å². The van der Waals surface area contributed by atoms with Crippen LogP contribution in [0.1, 0.15) is 23.2 Å². The Balaban J connectivity index is 1.18. The van der Waals surface area contributed by atoms with Gasteiger partial charge in [0.1, 0.15) is 11.2 Å². The number of hydrogen-bond donors (Lipinski definition) is 1. The molecule has 1 aliphatic carbocycles. The molecular weight excluding hydrogens is 621 g/mol. The molecule has 1 N–H and O–H groups in total. The molecule has 0 aliphatic heterocycles. The monoisotopic (exact) mass is 654 g/mol. The van der Waals surface area contributed by atoms with Gasteiger partial charge in [0, 0.05) is 56.1 Å². The van der Waals surface area contributed by atoms with Crippen LogP contribution in [0.15, 0.2) is 174 Å². The lowest BCUT2D eigenvalue weighted by molar-refractivity contribution is 0.669. The van der Waals surface area contributed by atoms with Gasteiger partial charge in [0.25, 0.3) is 0 Å². The van der Waals surface area contributed by atoms with Crippen molar-refractivity contribution in [3.63, 3.8) is 0 Å². The zero-order valence-electron chi connectivity index (χ0n) is 28.0.